The number of hydrogen-bond acceptors (Lipinski definition) is 1. The summed E-state index contributed by atoms with van der Waals surface area (Å²) in [6.07, 6.45) is 12.4. The van der Waals surface area contributed by atoms with E-state index in [0.29, 0.717) is 5.56 Å². The van der Waals surface area contributed by atoms with E-state index in [0.717, 1.165) is 16.8 Å². The second-order valence-corrected chi connectivity index (χ2v) is 6.58. The summed E-state index contributed by atoms with van der Waals surface area (Å²) in [7, 11) is 0. The van der Waals surface area contributed by atoms with Crippen LogP contribution in [0, 0.1) is 6.92 Å². The summed E-state index contributed by atoms with van der Waals surface area (Å²) in [5.41, 5.74) is 6.07. The van der Waals surface area contributed by atoms with Crippen LogP contribution in [-0.2, 0) is 0 Å². The Morgan fingerprint density at radius 1 is 0.889 bits per heavy atom. The second-order valence-electron chi connectivity index (χ2n) is 6.58. The fourth-order valence-electron chi connectivity index (χ4n) is 2.32. The predicted octanol–water partition coefficient (Wildman–Crippen LogP) is 6.73. The Labute approximate surface area is 162 Å². The van der Waals surface area contributed by atoms with Gasteiger partial charge in [-0.3, -0.25) is 4.79 Å². The van der Waals surface area contributed by atoms with Crippen LogP contribution in [0.2, 0.25) is 0 Å². The van der Waals surface area contributed by atoms with E-state index in [2.05, 4.69) is 43.5 Å². The largest absolute Gasteiger partial charge is 0.322 e. The molecule has 0 unspecified atom stereocenters. The molecule has 0 aliphatic rings. The van der Waals surface area contributed by atoms with Gasteiger partial charge >= 0.3 is 0 Å². The number of hydrogen-bond donors (Lipinski definition) is 1. The van der Waals surface area contributed by atoms with E-state index in [1.54, 1.807) is 0 Å². The molecule has 2 heteroatoms. The number of benzene rings is 2. The molecule has 0 radical (unpaired) electrons. The zero-order valence-corrected chi connectivity index (χ0v) is 16.5. The lowest BCUT2D eigenvalue weighted by Crippen LogP contribution is -2.11. The molecule has 0 fully saturated rings. The van der Waals surface area contributed by atoms with E-state index < -0.39 is 0 Å². The maximum absolute atomic E-state index is 12.3. The Morgan fingerprint density at radius 2 is 1.56 bits per heavy atom. The van der Waals surface area contributed by atoms with Crippen LogP contribution in [-0.4, -0.2) is 5.91 Å². The maximum atomic E-state index is 12.3. The Morgan fingerprint density at radius 3 is 2.19 bits per heavy atom. The predicted molar refractivity (Wildman–Crippen MR) is 117 cm³/mol. The summed E-state index contributed by atoms with van der Waals surface area (Å²) in [4.78, 5) is 12.3. The van der Waals surface area contributed by atoms with Crippen molar-refractivity contribution in [2.45, 2.75) is 27.7 Å². The lowest BCUT2D eigenvalue weighted by atomic mass is 10.1. The van der Waals surface area contributed by atoms with Crippen LogP contribution in [0.15, 0.2) is 90.1 Å². The van der Waals surface area contributed by atoms with E-state index in [-0.39, 0.29) is 5.91 Å². The standard InChI is InChI=1S/C25H27NO/c1-5-19(2)7-6-8-20(3)9-12-22-13-15-23(16-14-22)25(27)26-24-17-10-21(4)11-18-24/h5-18H,1-4H3,(H,26,27)/b7-6+,12-9+,19-5+,20-8+. The van der Waals surface area contributed by atoms with Gasteiger partial charge in [0.15, 0.2) is 0 Å². The normalized spacial score (nSPS) is 12.7. The SMILES string of the molecule is C/C=C(C)/C=C/C=C(C)/C=C/c1ccc(C(=O)Nc2ccc(C)cc2)cc1. The Kier molecular flexibility index (Phi) is 7.57. The number of allylic oxidation sites excluding steroid dienone is 7. The highest BCUT2D eigenvalue weighted by molar-refractivity contribution is 6.04. The summed E-state index contributed by atoms with van der Waals surface area (Å²) >= 11 is 0. The van der Waals surface area contributed by atoms with Gasteiger partial charge < -0.3 is 5.32 Å². The van der Waals surface area contributed by atoms with E-state index in [4.69, 9.17) is 0 Å². The summed E-state index contributed by atoms with van der Waals surface area (Å²) in [5, 5.41) is 2.91. The minimum Gasteiger partial charge on any atom is -0.322 e. The average Bonchev–Trinajstić information content (AvgIpc) is 2.68. The molecule has 1 amide bonds. The highest BCUT2D eigenvalue weighted by atomic mass is 16.1. The number of nitrogens with one attached hydrogen (secondary N) is 1. The van der Waals surface area contributed by atoms with Gasteiger partial charge in [-0.1, -0.05) is 77.4 Å². The van der Waals surface area contributed by atoms with Crippen LogP contribution >= 0.6 is 0 Å². The third kappa shape index (κ3) is 6.95. The molecule has 1 N–H and O–H groups in total. The molecule has 138 valence electrons. The topological polar surface area (TPSA) is 29.1 Å². The average molecular weight is 357 g/mol. The van der Waals surface area contributed by atoms with Gasteiger partial charge in [0.1, 0.15) is 0 Å². The monoisotopic (exact) mass is 357 g/mol. The molecule has 27 heavy (non-hydrogen) atoms. The number of carbonyl (C=O) groups is 1. The van der Waals surface area contributed by atoms with Crippen molar-refractivity contribution in [2.75, 3.05) is 5.32 Å². The first-order chi connectivity index (χ1) is 13.0. The molecule has 0 aliphatic heterocycles. The molecule has 2 rings (SSSR count). The first-order valence-electron chi connectivity index (χ1n) is 9.12. The van der Waals surface area contributed by atoms with E-state index in [1.165, 1.54) is 11.1 Å². The van der Waals surface area contributed by atoms with Gasteiger partial charge in [0.05, 0.1) is 0 Å². The van der Waals surface area contributed by atoms with Crippen LogP contribution in [0.1, 0.15) is 42.3 Å². The highest BCUT2D eigenvalue weighted by Gasteiger charge is 2.05. The van der Waals surface area contributed by atoms with E-state index in [1.807, 2.05) is 74.5 Å². The van der Waals surface area contributed by atoms with Gasteiger partial charge in [-0.05, 0) is 57.5 Å². The lowest BCUT2D eigenvalue weighted by molar-refractivity contribution is 0.102. The molecule has 2 aromatic carbocycles. The Bertz CT molecular complexity index is 879. The number of carbonyl (C=O) groups excluding carboxylic acids is 1. The molecule has 0 spiro atoms. The van der Waals surface area contributed by atoms with Crippen molar-refractivity contribution in [1.29, 1.82) is 0 Å². The molecule has 0 atom stereocenters. The summed E-state index contributed by atoms with van der Waals surface area (Å²) < 4.78 is 0. The molecule has 0 heterocycles. The molecule has 0 aliphatic carbocycles. The van der Waals surface area contributed by atoms with Crippen molar-refractivity contribution in [3.63, 3.8) is 0 Å². The quantitative estimate of drug-likeness (QED) is 0.571. The van der Waals surface area contributed by atoms with E-state index in [9.17, 15) is 4.79 Å². The molecule has 0 bridgehead atoms. The molecule has 0 aromatic heterocycles. The highest BCUT2D eigenvalue weighted by Crippen LogP contribution is 2.13. The van der Waals surface area contributed by atoms with E-state index >= 15 is 0 Å². The first kappa shape index (κ1) is 20.2. The number of rotatable bonds is 6. The summed E-state index contributed by atoms with van der Waals surface area (Å²) in [6, 6.07) is 15.4. The number of anilines is 1. The van der Waals surface area contributed by atoms with Gasteiger partial charge in [0.2, 0.25) is 0 Å². The zero-order chi connectivity index (χ0) is 19.6. The first-order valence-corrected chi connectivity index (χ1v) is 9.12. The second kappa shape index (κ2) is 10.1. The zero-order valence-electron chi connectivity index (χ0n) is 16.5. The van der Waals surface area contributed by atoms with Crippen LogP contribution < -0.4 is 5.32 Å². The van der Waals surface area contributed by atoms with Crippen LogP contribution in [0.3, 0.4) is 0 Å². The van der Waals surface area contributed by atoms with Gasteiger partial charge in [0, 0.05) is 11.3 Å². The molecule has 2 aromatic rings. The van der Waals surface area contributed by atoms with Gasteiger partial charge in [-0.25, -0.2) is 0 Å². The van der Waals surface area contributed by atoms with Crippen molar-refractivity contribution in [1.82, 2.24) is 0 Å². The van der Waals surface area contributed by atoms with Crippen LogP contribution in [0.25, 0.3) is 6.08 Å². The Balaban J connectivity index is 1.97. The van der Waals surface area contributed by atoms with Gasteiger partial charge in [-0.2, -0.15) is 0 Å². The third-order valence-corrected chi connectivity index (χ3v) is 4.19. The third-order valence-electron chi connectivity index (χ3n) is 4.19. The van der Waals surface area contributed by atoms with Crippen LogP contribution in [0.4, 0.5) is 5.69 Å². The van der Waals surface area contributed by atoms with Crippen molar-refractivity contribution >= 4 is 17.7 Å². The van der Waals surface area contributed by atoms with Gasteiger partial charge in [0.25, 0.3) is 5.91 Å². The molecule has 2 nitrogen and oxygen atoms in total. The fourth-order valence-corrected chi connectivity index (χ4v) is 2.32. The molecule has 0 saturated heterocycles. The summed E-state index contributed by atoms with van der Waals surface area (Å²) in [6.45, 7) is 8.19. The minimum atomic E-state index is -0.102. The maximum Gasteiger partial charge on any atom is 0.255 e. The number of aryl methyl sites for hydroxylation is 1. The minimum absolute atomic E-state index is 0.102. The van der Waals surface area contributed by atoms with Crippen molar-refractivity contribution in [3.05, 3.63) is 107 Å². The summed E-state index contributed by atoms with van der Waals surface area (Å²) in [5.74, 6) is -0.102. The molecular weight excluding hydrogens is 330 g/mol. The van der Waals surface area contributed by atoms with Crippen molar-refractivity contribution in [2.24, 2.45) is 0 Å². The van der Waals surface area contributed by atoms with Crippen LogP contribution in [0.5, 0.6) is 0 Å². The lowest BCUT2D eigenvalue weighted by Gasteiger charge is -2.06. The van der Waals surface area contributed by atoms with Crippen molar-refractivity contribution in [3.8, 4) is 0 Å². The smallest absolute Gasteiger partial charge is 0.255 e. The number of amides is 1. The molecule has 0 saturated carbocycles. The van der Waals surface area contributed by atoms with Crippen molar-refractivity contribution < 1.29 is 4.79 Å². The Hall–Kier alpha value is -3.13. The fraction of sp³-hybridized carbons (Fsp3) is 0.160. The molecular formula is C25H27NO. The van der Waals surface area contributed by atoms with Gasteiger partial charge in [-0.15, -0.1) is 0 Å².